The molecule has 4 aliphatic heterocycles. The van der Waals surface area contributed by atoms with Gasteiger partial charge >= 0.3 is 0 Å². The fourth-order valence-electron chi connectivity index (χ4n) is 7.94. The van der Waals surface area contributed by atoms with E-state index in [9.17, 15) is 19.5 Å². The Morgan fingerprint density at radius 2 is 1.53 bits per heavy atom. The van der Waals surface area contributed by atoms with Crippen LogP contribution in [0.5, 0.6) is 5.75 Å². The molecule has 9 heteroatoms. The van der Waals surface area contributed by atoms with E-state index in [0.717, 1.165) is 5.56 Å². The van der Waals surface area contributed by atoms with Crippen molar-refractivity contribution in [2.24, 2.45) is 11.8 Å². The average molecular weight is 634 g/mol. The topological polar surface area (TPSA) is 99.6 Å². The van der Waals surface area contributed by atoms with Crippen LogP contribution in [0.4, 0.5) is 5.69 Å². The molecule has 0 aromatic heterocycles. The predicted molar refractivity (Wildman–Crippen MR) is 176 cm³/mol. The van der Waals surface area contributed by atoms with E-state index in [1.54, 1.807) is 9.80 Å². The second kappa shape index (κ2) is 12.1. The number of aliphatic hydroxyl groups excluding tert-OH is 1. The van der Waals surface area contributed by atoms with E-state index >= 15 is 0 Å². The third-order valence-corrected chi connectivity index (χ3v) is 9.95. The van der Waals surface area contributed by atoms with E-state index in [1.165, 1.54) is 4.90 Å². The standard InChI is InChI=1S/C38H39N3O6/c1-3-46-29-18-16-28(17-19-29)40-23-10-20-37(2)31(34(40)43)32-35(44)41(30(25-42)27-14-8-5-9-15-27)33-36(45)39(22-11-21-38(32,33)47-37)24-26-12-6-4-7-13-26/h4-21,30-33,42H,3,22-25H2,1-2H3/t30-,31-,32+,33?,37+,38+/m1/s1. The Balaban J connectivity index is 1.34. The zero-order valence-electron chi connectivity index (χ0n) is 26.6. The number of nitrogens with zero attached hydrogens (tertiary/aromatic N) is 3. The quantitative estimate of drug-likeness (QED) is 0.372. The van der Waals surface area contributed by atoms with Crippen molar-refractivity contribution in [3.63, 3.8) is 0 Å². The van der Waals surface area contributed by atoms with Gasteiger partial charge in [0.05, 0.1) is 36.7 Å². The molecule has 47 heavy (non-hydrogen) atoms. The summed E-state index contributed by atoms with van der Waals surface area (Å²) < 4.78 is 12.6. The molecule has 7 rings (SSSR count). The minimum atomic E-state index is -1.44. The molecule has 0 saturated carbocycles. The first-order valence-corrected chi connectivity index (χ1v) is 16.2. The van der Waals surface area contributed by atoms with Crippen molar-refractivity contribution in [1.29, 1.82) is 0 Å². The second-order valence-electron chi connectivity index (χ2n) is 12.7. The number of rotatable bonds is 8. The molecule has 3 amide bonds. The van der Waals surface area contributed by atoms with Crippen molar-refractivity contribution in [3.05, 3.63) is 120 Å². The van der Waals surface area contributed by atoms with Gasteiger partial charge in [-0.15, -0.1) is 0 Å². The number of carbonyl (C=O) groups excluding carboxylic acids is 3. The normalized spacial score (nSPS) is 28.9. The minimum Gasteiger partial charge on any atom is -0.494 e. The maximum Gasteiger partial charge on any atom is 0.249 e. The molecule has 3 aromatic rings. The molecule has 3 aromatic carbocycles. The Bertz CT molecular complexity index is 1710. The summed E-state index contributed by atoms with van der Waals surface area (Å²) >= 11 is 0. The zero-order chi connectivity index (χ0) is 32.8. The van der Waals surface area contributed by atoms with Crippen LogP contribution in [0.25, 0.3) is 0 Å². The third-order valence-electron chi connectivity index (χ3n) is 9.95. The number of hydrogen-bond acceptors (Lipinski definition) is 6. The number of carbonyl (C=O) groups is 3. The molecule has 1 unspecified atom stereocenters. The average Bonchev–Trinajstić information content (AvgIpc) is 3.36. The van der Waals surface area contributed by atoms with Crippen LogP contribution in [0, 0.1) is 11.8 Å². The highest BCUT2D eigenvalue weighted by Gasteiger charge is 2.75. The summed E-state index contributed by atoms with van der Waals surface area (Å²) in [5.41, 5.74) is -0.287. The van der Waals surface area contributed by atoms with Gasteiger partial charge in [0.25, 0.3) is 0 Å². The third kappa shape index (κ3) is 5.05. The summed E-state index contributed by atoms with van der Waals surface area (Å²) in [4.78, 5) is 49.4. The maximum absolute atomic E-state index is 15.0. The molecule has 242 valence electrons. The molecule has 6 atom stereocenters. The number of amides is 3. The SMILES string of the molecule is CCOc1ccc(N2CC=C[C@]3(C)O[C@]45C=CCN(Cc6ccccc6)C(=O)C4N([C@H](CO)c4ccccc4)C(=O)[C@@H]5[C@@H]3C2=O)cc1. The number of fused-ring (bicyclic) bond motifs is 2. The van der Waals surface area contributed by atoms with E-state index in [-0.39, 0.29) is 17.7 Å². The lowest BCUT2D eigenvalue weighted by molar-refractivity contribution is -0.154. The lowest BCUT2D eigenvalue weighted by Crippen LogP contribution is -2.56. The number of anilines is 1. The molecule has 1 N–H and O–H groups in total. The Hall–Kier alpha value is -4.73. The molecule has 9 nitrogen and oxygen atoms in total. The summed E-state index contributed by atoms with van der Waals surface area (Å²) in [5.74, 6) is -2.17. The summed E-state index contributed by atoms with van der Waals surface area (Å²) in [6, 6.07) is 24.3. The van der Waals surface area contributed by atoms with E-state index in [1.807, 2.05) is 123 Å². The van der Waals surface area contributed by atoms with Gasteiger partial charge in [-0.05, 0) is 49.2 Å². The van der Waals surface area contributed by atoms with Crippen LogP contribution in [0.1, 0.15) is 31.0 Å². The molecule has 2 fully saturated rings. The van der Waals surface area contributed by atoms with Crippen molar-refractivity contribution in [1.82, 2.24) is 9.80 Å². The Morgan fingerprint density at radius 3 is 2.21 bits per heavy atom. The van der Waals surface area contributed by atoms with Gasteiger partial charge in [0.15, 0.2) is 0 Å². The van der Waals surface area contributed by atoms with Crippen molar-refractivity contribution in [3.8, 4) is 5.75 Å². The van der Waals surface area contributed by atoms with Gasteiger partial charge in [0, 0.05) is 25.3 Å². The van der Waals surface area contributed by atoms with Crippen LogP contribution in [0.15, 0.2) is 109 Å². The fourth-order valence-corrected chi connectivity index (χ4v) is 7.94. The van der Waals surface area contributed by atoms with Crippen LogP contribution in [-0.4, -0.2) is 76.2 Å². The largest absolute Gasteiger partial charge is 0.494 e. The first-order valence-electron chi connectivity index (χ1n) is 16.2. The Morgan fingerprint density at radius 1 is 0.851 bits per heavy atom. The first-order chi connectivity index (χ1) is 22.8. The molecule has 2 saturated heterocycles. The molecule has 4 aliphatic rings. The van der Waals surface area contributed by atoms with Crippen molar-refractivity contribution in [2.75, 3.05) is 31.2 Å². The van der Waals surface area contributed by atoms with Crippen molar-refractivity contribution < 1.29 is 29.0 Å². The van der Waals surface area contributed by atoms with Gasteiger partial charge < -0.3 is 29.3 Å². The van der Waals surface area contributed by atoms with Crippen molar-refractivity contribution in [2.45, 2.75) is 43.7 Å². The summed E-state index contributed by atoms with van der Waals surface area (Å²) in [5, 5.41) is 10.8. The van der Waals surface area contributed by atoms with Crippen LogP contribution < -0.4 is 9.64 Å². The van der Waals surface area contributed by atoms with E-state index in [2.05, 4.69) is 0 Å². The monoisotopic (exact) mass is 633 g/mol. The smallest absolute Gasteiger partial charge is 0.249 e. The van der Waals surface area contributed by atoms with Crippen molar-refractivity contribution >= 4 is 23.4 Å². The van der Waals surface area contributed by atoms with E-state index in [4.69, 9.17) is 9.47 Å². The Kier molecular flexibility index (Phi) is 7.98. The van der Waals surface area contributed by atoms with E-state index < -0.39 is 41.7 Å². The number of hydrogen-bond donors (Lipinski definition) is 1. The van der Waals surface area contributed by atoms with Gasteiger partial charge in [0.1, 0.15) is 17.4 Å². The van der Waals surface area contributed by atoms with E-state index in [0.29, 0.717) is 43.2 Å². The molecular weight excluding hydrogens is 594 g/mol. The maximum atomic E-state index is 15.0. The van der Waals surface area contributed by atoms with Gasteiger partial charge in [-0.2, -0.15) is 0 Å². The highest BCUT2D eigenvalue weighted by atomic mass is 16.5. The molecule has 1 spiro atoms. The van der Waals surface area contributed by atoms with Gasteiger partial charge in [0.2, 0.25) is 17.7 Å². The van der Waals surface area contributed by atoms with Gasteiger partial charge in [-0.1, -0.05) is 85.0 Å². The minimum absolute atomic E-state index is 0.260. The number of aliphatic hydroxyl groups is 1. The summed E-state index contributed by atoms with van der Waals surface area (Å²) in [6.45, 7) is 4.81. The summed E-state index contributed by atoms with van der Waals surface area (Å²) in [6.07, 6.45) is 7.49. The molecule has 4 heterocycles. The van der Waals surface area contributed by atoms with Gasteiger partial charge in [-0.3, -0.25) is 14.4 Å². The molecular formula is C38H39N3O6. The number of ether oxygens (including phenoxy) is 2. The molecule has 0 aliphatic carbocycles. The highest BCUT2D eigenvalue weighted by Crippen LogP contribution is 2.59. The molecule has 0 radical (unpaired) electrons. The Labute approximate surface area is 274 Å². The van der Waals surface area contributed by atoms with Crippen LogP contribution in [-0.2, 0) is 25.7 Å². The molecule has 0 bridgehead atoms. The second-order valence-corrected chi connectivity index (χ2v) is 12.7. The van der Waals surface area contributed by atoms with Gasteiger partial charge in [-0.25, -0.2) is 0 Å². The lowest BCUT2D eigenvalue weighted by atomic mass is 9.74. The zero-order valence-corrected chi connectivity index (χ0v) is 26.6. The van der Waals surface area contributed by atoms with Crippen LogP contribution in [0.2, 0.25) is 0 Å². The number of likely N-dealkylation sites (tertiary alicyclic amines) is 1. The highest BCUT2D eigenvalue weighted by molar-refractivity contribution is 6.04. The lowest BCUT2D eigenvalue weighted by Gasteiger charge is -2.40. The fraction of sp³-hybridized carbons (Fsp3) is 0.342. The van der Waals surface area contributed by atoms with Crippen LogP contribution >= 0.6 is 0 Å². The number of benzene rings is 3. The predicted octanol–water partition coefficient (Wildman–Crippen LogP) is 4.29. The van der Waals surface area contributed by atoms with Crippen LogP contribution in [0.3, 0.4) is 0 Å². The summed E-state index contributed by atoms with van der Waals surface area (Å²) in [7, 11) is 0. The first kappa shape index (κ1) is 30.9.